The highest BCUT2D eigenvalue weighted by molar-refractivity contribution is 9.10. The molecule has 0 bridgehead atoms. The van der Waals surface area contributed by atoms with Gasteiger partial charge in [0.15, 0.2) is 0 Å². The maximum absolute atomic E-state index is 9.68. The molecule has 66 valence electrons. The Hall–Kier alpha value is -1.22. The minimum absolute atomic E-state index is 0.241. The van der Waals surface area contributed by atoms with Gasteiger partial charge in [-0.1, -0.05) is 24.3 Å². The molecule has 13 heavy (non-hydrogen) atoms. The summed E-state index contributed by atoms with van der Waals surface area (Å²) < 4.78 is 0.628. The van der Waals surface area contributed by atoms with E-state index in [-0.39, 0.29) is 5.75 Å². The zero-order valence-corrected chi connectivity index (χ0v) is 8.38. The summed E-state index contributed by atoms with van der Waals surface area (Å²) in [7, 11) is 0. The molecule has 2 aromatic rings. The van der Waals surface area contributed by atoms with E-state index in [0.29, 0.717) is 10.2 Å². The number of phenols is 1. The molecule has 0 aliphatic carbocycles. The first kappa shape index (κ1) is 8.38. The molecular weight excluding hydrogens is 230 g/mol. The van der Waals surface area contributed by atoms with Crippen molar-refractivity contribution in [3.8, 4) is 5.75 Å². The molecule has 0 saturated carbocycles. The van der Waals surface area contributed by atoms with E-state index in [4.69, 9.17) is 5.73 Å². The molecule has 0 saturated heterocycles. The number of halogens is 1. The van der Waals surface area contributed by atoms with Crippen LogP contribution < -0.4 is 5.73 Å². The third-order valence-electron chi connectivity index (χ3n) is 2.00. The van der Waals surface area contributed by atoms with Crippen LogP contribution in [0.1, 0.15) is 0 Å². The van der Waals surface area contributed by atoms with Crippen molar-refractivity contribution in [1.29, 1.82) is 0 Å². The molecule has 0 amide bonds. The van der Waals surface area contributed by atoms with Gasteiger partial charge in [0.2, 0.25) is 0 Å². The Morgan fingerprint density at radius 2 is 1.77 bits per heavy atom. The molecule has 2 nitrogen and oxygen atoms in total. The van der Waals surface area contributed by atoms with E-state index < -0.39 is 0 Å². The fourth-order valence-corrected chi connectivity index (χ4v) is 1.81. The van der Waals surface area contributed by atoms with Gasteiger partial charge in [0.1, 0.15) is 5.75 Å². The summed E-state index contributed by atoms with van der Waals surface area (Å²) in [5.41, 5.74) is 6.45. The summed E-state index contributed by atoms with van der Waals surface area (Å²) >= 11 is 3.24. The standard InChI is InChI=1S/C10H8BrNO/c11-8-5-9(12)6-3-1-2-4-7(6)10(8)13/h1-5,13H,12H2. The van der Waals surface area contributed by atoms with Crippen molar-refractivity contribution in [1.82, 2.24) is 0 Å². The largest absolute Gasteiger partial charge is 0.506 e. The SMILES string of the molecule is Nc1cc(Br)c(O)c2ccccc12. The quantitative estimate of drug-likeness (QED) is 0.547. The Labute approximate surface area is 84.1 Å². The summed E-state index contributed by atoms with van der Waals surface area (Å²) in [6, 6.07) is 9.19. The summed E-state index contributed by atoms with van der Waals surface area (Å²) in [5.74, 6) is 0.241. The minimum atomic E-state index is 0.241. The zero-order chi connectivity index (χ0) is 9.42. The molecule has 0 fully saturated rings. The number of nitrogens with two attached hydrogens (primary N) is 1. The lowest BCUT2D eigenvalue weighted by Crippen LogP contribution is -1.87. The summed E-state index contributed by atoms with van der Waals surface area (Å²) in [6.07, 6.45) is 0. The molecule has 0 atom stereocenters. The smallest absolute Gasteiger partial charge is 0.137 e. The fraction of sp³-hybridized carbons (Fsp3) is 0. The lowest BCUT2D eigenvalue weighted by molar-refractivity contribution is 0.478. The van der Waals surface area contributed by atoms with E-state index in [0.717, 1.165) is 10.8 Å². The van der Waals surface area contributed by atoms with Crippen LogP contribution in [0.15, 0.2) is 34.8 Å². The van der Waals surface area contributed by atoms with Gasteiger partial charge < -0.3 is 10.8 Å². The van der Waals surface area contributed by atoms with Crippen LogP contribution in [0.3, 0.4) is 0 Å². The normalized spacial score (nSPS) is 10.5. The highest BCUT2D eigenvalue weighted by atomic mass is 79.9. The third kappa shape index (κ3) is 1.25. The lowest BCUT2D eigenvalue weighted by atomic mass is 10.1. The number of nitrogen functional groups attached to an aromatic ring is 1. The van der Waals surface area contributed by atoms with E-state index >= 15 is 0 Å². The Balaban J connectivity index is 2.97. The number of hydrogen-bond acceptors (Lipinski definition) is 2. The van der Waals surface area contributed by atoms with Gasteiger partial charge in [0.25, 0.3) is 0 Å². The molecule has 2 rings (SSSR count). The molecule has 3 heteroatoms. The van der Waals surface area contributed by atoms with Crippen LogP contribution in [0.25, 0.3) is 10.8 Å². The van der Waals surface area contributed by atoms with E-state index in [9.17, 15) is 5.11 Å². The van der Waals surface area contributed by atoms with Gasteiger partial charge in [0.05, 0.1) is 4.47 Å². The van der Waals surface area contributed by atoms with E-state index in [1.807, 2.05) is 24.3 Å². The molecule has 0 aromatic heterocycles. The van der Waals surface area contributed by atoms with Gasteiger partial charge >= 0.3 is 0 Å². The summed E-state index contributed by atoms with van der Waals surface area (Å²) in [4.78, 5) is 0. The average Bonchev–Trinajstić information content (AvgIpc) is 2.15. The Bertz CT molecular complexity index is 468. The van der Waals surface area contributed by atoms with Crippen LogP contribution >= 0.6 is 15.9 Å². The van der Waals surface area contributed by atoms with Gasteiger partial charge in [-0.2, -0.15) is 0 Å². The van der Waals surface area contributed by atoms with Crippen molar-refractivity contribution < 1.29 is 5.11 Å². The molecule has 2 aromatic carbocycles. The molecule has 0 spiro atoms. The predicted octanol–water partition coefficient (Wildman–Crippen LogP) is 2.89. The van der Waals surface area contributed by atoms with Gasteiger partial charge in [-0.25, -0.2) is 0 Å². The van der Waals surface area contributed by atoms with Gasteiger partial charge in [-0.15, -0.1) is 0 Å². The number of fused-ring (bicyclic) bond motifs is 1. The first-order valence-corrected chi connectivity index (χ1v) is 4.65. The van der Waals surface area contributed by atoms with Crippen LogP contribution in [0.5, 0.6) is 5.75 Å². The Morgan fingerprint density at radius 3 is 2.46 bits per heavy atom. The average molecular weight is 238 g/mol. The van der Waals surface area contributed by atoms with Crippen LogP contribution in [0.2, 0.25) is 0 Å². The van der Waals surface area contributed by atoms with Crippen LogP contribution in [-0.4, -0.2) is 5.11 Å². The number of hydrogen-bond donors (Lipinski definition) is 2. The molecule has 3 N–H and O–H groups in total. The predicted molar refractivity (Wildman–Crippen MR) is 57.7 cm³/mol. The third-order valence-corrected chi connectivity index (χ3v) is 2.61. The highest BCUT2D eigenvalue weighted by Crippen LogP contribution is 2.35. The van der Waals surface area contributed by atoms with Gasteiger partial charge in [-0.3, -0.25) is 0 Å². The number of phenolic OH excluding ortho intramolecular Hbond substituents is 1. The molecular formula is C10H8BrNO. The monoisotopic (exact) mass is 237 g/mol. The molecule has 0 radical (unpaired) electrons. The summed E-state index contributed by atoms with van der Waals surface area (Å²) in [6.45, 7) is 0. The number of benzene rings is 2. The highest BCUT2D eigenvalue weighted by Gasteiger charge is 2.06. The molecule has 0 unspecified atom stereocenters. The maximum Gasteiger partial charge on any atom is 0.137 e. The van der Waals surface area contributed by atoms with Crippen molar-refractivity contribution in [2.45, 2.75) is 0 Å². The Kier molecular flexibility index (Phi) is 1.88. The van der Waals surface area contributed by atoms with Crippen molar-refractivity contribution in [3.63, 3.8) is 0 Å². The van der Waals surface area contributed by atoms with E-state index in [1.54, 1.807) is 6.07 Å². The fourth-order valence-electron chi connectivity index (χ4n) is 1.35. The number of anilines is 1. The van der Waals surface area contributed by atoms with Crippen molar-refractivity contribution in [2.75, 3.05) is 5.73 Å². The molecule has 0 aliphatic heterocycles. The molecule has 0 aliphatic rings. The van der Waals surface area contributed by atoms with Crippen LogP contribution in [0, 0.1) is 0 Å². The first-order chi connectivity index (χ1) is 6.20. The van der Waals surface area contributed by atoms with Crippen LogP contribution in [-0.2, 0) is 0 Å². The maximum atomic E-state index is 9.68. The summed E-state index contributed by atoms with van der Waals surface area (Å²) in [5, 5.41) is 11.3. The minimum Gasteiger partial charge on any atom is -0.506 e. The van der Waals surface area contributed by atoms with E-state index in [1.165, 1.54) is 0 Å². The second kappa shape index (κ2) is 2.92. The second-order valence-corrected chi connectivity index (χ2v) is 3.70. The van der Waals surface area contributed by atoms with Gasteiger partial charge in [-0.05, 0) is 22.0 Å². The number of rotatable bonds is 0. The molecule has 0 heterocycles. The van der Waals surface area contributed by atoms with Crippen molar-refractivity contribution in [2.24, 2.45) is 0 Å². The second-order valence-electron chi connectivity index (χ2n) is 2.84. The topological polar surface area (TPSA) is 46.2 Å². The van der Waals surface area contributed by atoms with E-state index in [2.05, 4.69) is 15.9 Å². The van der Waals surface area contributed by atoms with Crippen molar-refractivity contribution >= 4 is 32.4 Å². The Morgan fingerprint density at radius 1 is 1.15 bits per heavy atom. The van der Waals surface area contributed by atoms with Crippen LogP contribution in [0.4, 0.5) is 5.69 Å². The first-order valence-electron chi connectivity index (χ1n) is 3.86. The lowest BCUT2D eigenvalue weighted by Gasteiger charge is -2.05. The van der Waals surface area contributed by atoms with Gasteiger partial charge in [0, 0.05) is 16.5 Å². The van der Waals surface area contributed by atoms with Crippen molar-refractivity contribution in [3.05, 3.63) is 34.8 Å². The zero-order valence-electron chi connectivity index (χ0n) is 6.79. The number of aromatic hydroxyl groups is 1.